The number of nitrogens with zero attached hydrogens (tertiary/aromatic N) is 10. The minimum atomic E-state index is -1.62. The Balaban J connectivity index is 0.000000174. The molecule has 2 aromatic carbocycles. The molecule has 20 heteroatoms. The van der Waals surface area contributed by atoms with E-state index >= 15 is 26.3 Å². The maximum atomic E-state index is 15.2. The largest absolute Gasteiger partial charge is 0.480 e. The molecule has 0 N–H and O–H groups in total. The molecule has 0 amide bonds. The third-order valence-corrected chi connectivity index (χ3v) is 14.8. The van der Waals surface area contributed by atoms with E-state index in [-0.39, 0.29) is 63.8 Å². The van der Waals surface area contributed by atoms with Gasteiger partial charge < -0.3 is 14.4 Å². The number of allylic oxidation sites excluding steroid dienone is 4. The lowest BCUT2D eigenvalue weighted by molar-refractivity contribution is 0.0951. The molecule has 8 unspecified atom stereocenters. The predicted octanol–water partition coefficient (Wildman–Crippen LogP) is 10.7. The predicted molar refractivity (Wildman–Crippen MR) is 229 cm³/mol. The lowest BCUT2D eigenvalue weighted by Gasteiger charge is -2.29. The maximum Gasteiger partial charge on any atom is 0.187 e. The molecule has 70 heavy (non-hydrogen) atoms. The number of piperidine rings is 1. The molecule has 354 valence electrons. The van der Waals surface area contributed by atoms with Crippen LogP contribution in [0.25, 0.3) is 12.2 Å². The molecule has 12 nitrogen and oxygen atoms in total. The van der Waals surface area contributed by atoms with Gasteiger partial charge in [0.25, 0.3) is 0 Å². The van der Waals surface area contributed by atoms with Crippen LogP contribution in [0.4, 0.5) is 46.5 Å². The van der Waals surface area contributed by atoms with Crippen LogP contribution >= 0.6 is 0 Å². The lowest BCUT2D eigenvalue weighted by atomic mass is 9.90. The first-order valence-electron chi connectivity index (χ1n) is 22.1. The van der Waals surface area contributed by atoms with E-state index in [0.29, 0.717) is 11.8 Å². The van der Waals surface area contributed by atoms with E-state index < -0.39 is 97.4 Å². The van der Waals surface area contributed by atoms with Crippen LogP contribution in [-0.2, 0) is 9.47 Å². The van der Waals surface area contributed by atoms with Crippen molar-refractivity contribution < 1.29 is 44.6 Å². The summed E-state index contributed by atoms with van der Waals surface area (Å²) in [6, 6.07) is 9.34. The fourth-order valence-corrected chi connectivity index (χ4v) is 11.7. The Morgan fingerprint density at radius 2 is 0.900 bits per heavy atom. The summed E-state index contributed by atoms with van der Waals surface area (Å²) in [4.78, 5) is 1.47. The highest BCUT2D eigenvalue weighted by Gasteiger charge is 2.65. The van der Waals surface area contributed by atoms with Crippen molar-refractivity contribution in [2.24, 2.45) is 34.0 Å². The van der Waals surface area contributed by atoms with E-state index in [4.69, 9.17) is 30.5 Å². The molecular formula is C50H36F8N10O2. The summed E-state index contributed by atoms with van der Waals surface area (Å²) < 4.78 is 132. The molecule has 4 saturated carbocycles. The average Bonchev–Trinajstić information content (AvgIpc) is 4.08. The number of anilines is 2. The first-order chi connectivity index (χ1) is 33.3. The van der Waals surface area contributed by atoms with Crippen LogP contribution in [0.15, 0.2) is 67.4 Å². The second-order valence-corrected chi connectivity index (χ2v) is 19.2. The Labute approximate surface area is 395 Å². The van der Waals surface area contributed by atoms with Gasteiger partial charge in [-0.2, -0.15) is 36.7 Å². The van der Waals surface area contributed by atoms with Crippen LogP contribution in [0.1, 0.15) is 77.3 Å². The number of nitriles is 6. The van der Waals surface area contributed by atoms with Crippen molar-refractivity contribution in [2.45, 2.75) is 102 Å². The van der Waals surface area contributed by atoms with Crippen molar-refractivity contribution in [3.05, 3.63) is 115 Å². The molecule has 4 aliphatic carbocycles. The van der Waals surface area contributed by atoms with Crippen LogP contribution in [0, 0.1) is 138 Å². The topological polar surface area (TPSA) is 192 Å². The van der Waals surface area contributed by atoms with E-state index in [1.54, 1.807) is 24.3 Å². The zero-order valence-electron chi connectivity index (χ0n) is 37.5. The molecule has 1 saturated heterocycles. The number of rotatable bonds is 6. The Morgan fingerprint density at radius 3 is 1.30 bits per heavy atom. The fourth-order valence-electron chi connectivity index (χ4n) is 11.7. The highest BCUT2D eigenvalue weighted by Crippen LogP contribution is 2.61. The summed E-state index contributed by atoms with van der Waals surface area (Å²) in [5, 5.41) is 64.6. The number of fused-ring (bicyclic) bond motifs is 10. The van der Waals surface area contributed by atoms with E-state index in [1.165, 1.54) is 32.6 Å². The molecule has 2 aromatic rings. The fraction of sp³-hybridized carbons (Fsp3) is 0.400. The molecule has 8 atom stereocenters. The summed E-state index contributed by atoms with van der Waals surface area (Å²) in [6.07, 6.45) is 9.36. The van der Waals surface area contributed by atoms with Crippen molar-refractivity contribution in [3.63, 3.8) is 0 Å². The van der Waals surface area contributed by atoms with Gasteiger partial charge in [0.15, 0.2) is 69.2 Å². The monoisotopic (exact) mass is 960 g/mol. The Hall–Kier alpha value is -7.94. The number of hydrogen-bond acceptors (Lipinski definition) is 12. The summed E-state index contributed by atoms with van der Waals surface area (Å²) in [5.41, 5.74) is -7.09. The molecule has 4 bridgehead atoms. The molecule has 4 aliphatic heterocycles. The SMILES string of the molecule is CC1(C)OC(=C(C#N)C#N)C(C#N)=C1/C=C/c1c(F)c(F)c(N2C3C4CCC(C4)C32)c(F)c1F.CC1(C)OC(=C(C#N)C#N)C(C#N)=C1/C=C/c1c(F)c(F)c(N2N=NC3C4CCC(C4)C32)c(F)c1F. The second kappa shape index (κ2) is 16.9. The van der Waals surface area contributed by atoms with E-state index in [1.807, 2.05) is 12.1 Å². The van der Waals surface area contributed by atoms with Crippen molar-refractivity contribution in [2.75, 3.05) is 9.91 Å². The van der Waals surface area contributed by atoms with Gasteiger partial charge in [-0.05, 0) is 102 Å². The summed E-state index contributed by atoms with van der Waals surface area (Å²) in [7, 11) is 0. The van der Waals surface area contributed by atoms with Crippen LogP contribution in [0.2, 0.25) is 0 Å². The van der Waals surface area contributed by atoms with Gasteiger partial charge in [-0.15, -0.1) is 0 Å². The lowest BCUT2D eigenvalue weighted by Crippen LogP contribution is -2.40. The van der Waals surface area contributed by atoms with Crippen LogP contribution in [0.3, 0.4) is 0 Å². The quantitative estimate of drug-likeness (QED) is 0.116. The van der Waals surface area contributed by atoms with E-state index in [0.717, 1.165) is 67.8 Å². The van der Waals surface area contributed by atoms with Crippen LogP contribution < -0.4 is 9.91 Å². The molecule has 5 fully saturated rings. The van der Waals surface area contributed by atoms with Gasteiger partial charge in [0.1, 0.15) is 70.1 Å². The number of benzene rings is 2. The zero-order valence-corrected chi connectivity index (χ0v) is 37.5. The van der Waals surface area contributed by atoms with Gasteiger partial charge in [-0.1, -0.05) is 17.4 Å². The first-order valence-corrected chi connectivity index (χ1v) is 22.1. The summed E-state index contributed by atoms with van der Waals surface area (Å²) in [5.74, 6) is -12.0. The van der Waals surface area contributed by atoms with Crippen molar-refractivity contribution in [1.82, 2.24) is 0 Å². The normalized spacial score (nSPS) is 27.6. The van der Waals surface area contributed by atoms with Crippen molar-refractivity contribution in [3.8, 4) is 36.4 Å². The highest BCUT2D eigenvalue weighted by atomic mass is 19.2. The summed E-state index contributed by atoms with van der Waals surface area (Å²) in [6.45, 7) is 6.05. The highest BCUT2D eigenvalue weighted by molar-refractivity contribution is 5.70. The minimum absolute atomic E-state index is 0.0672. The number of ether oxygens (including phenoxy) is 2. The standard InChI is InChI=1S/C25H18F4N6O.C25H18F4N4O/c1-25(2)16(15(10-32)24(36-25)13(8-30)9-31)6-5-14-17(26)19(28)23(20(29)18(14)27)35-22-12-4-3-11(7-12)21(22)33-34-35;1-25(2)16(15(10-32)24(34-25)13(8-30)9-31)6-5-14-17(26)19(28)23(20(29)18(14)27)33-21-11-3-4-12(7-11)22(21)33/h5-6,11-12,21-22H,3-4,7H2,1-2H3;5-6,11-12,21-22H,3-4,7H2,1-2H3/b2*6-5+. The average molecular weight is 961 g/mol. The minimum Gasteiger partial charge on any atom is -0.480 e. The van der Waals surface area contributed by atoms with Gasteiger partial charge >= 0.3 is 0 Å². The van der Waals surface area contributed by atoms with Crippen LogP contribution in [0.5, 0.6) is 0 Å². The van der Waals surface area contributed by atoms with Gasteiger partial charge in [-0.25, -0.2) is 40.1 Å². The Bertz CT molecular complexity index is 3110. The Morgan fingerprint density at radius 1 is 0.529 bits per heavy atom. The molecule has 4 heterocycles. The molecule has 0 spiro atoms. The molecular weight excluding hydrogens is 925 g/mol. The third-order valence-electron chi connectivity index (χ3n) is 14.8. The van der Waals surface area contributed by atoms with E-state index in [9.17, 15) is 19.3 Å². The molecule has 10 rings (SSSR count). The van der Waals surface area contributed by atoms with Crippen molar-refractivity contribution in [1.29, 1.82) is 31.6 Å². The molecule has 8 aliphatic rings. The van der Waals surface area contributed by atoms with Crippen LogP contribution in [-0.4, -0.2) is 35.4 Å². The smallest absolute Gasteiger partial charge is 0.187 e. The Kier molecular flexibility index (Phi) is 11.4. The number of hydrogen-bond donors (Lipinski definition) is 0. The third kappa shape index (κ3) is 6.99. The molecule has 0 aromatic heterocycles. The van der Waals surface area contributed by atoms with Gasteiger partial charge in [0.05, 0.1) is 35.3 Å². The second-order valence-electron chi connectivity index (χ2n) is 19.2. The molecule has 0 radical (unpaired) electrons. The van der Waals surface area contributed by atoms with Gasteiger partial charge in [0, 0.05) is 11.1 Å². The maximum absolute atomic E-state index is 15.2. The van der Waals surface area contributed by atoms with E-state index in [2.05, 4.69) is 10.3 Å². The summed E-state index contributed by atoms with van der Waals surface area (Å²) >= 11 is 0. The van der Waals surface area contributed by atoms with Gasteiger partial charge in [-0.3, -0.25) is 0 Å². The zero-order chi connectivity index (χ0) is 50.5. The first kappa shape index (κ1) is 47.1. The van der Waals surface area contributed by atoms with Gasteiger partial charge in [0.2, 0.25) is 0 Å². The van der Waals surface area contributed by atoms with Crippen molar-refractivity contribution >= 4 is 23.5 Å². The number of halogens is 8.